The highest BCUT2D eigenvalue weighted by molar-refractivity contribution is 5.94. The molecule has 0 spiro atoms. The molecule has 5 nitrogen and oxygen atoms in total. The van der Waals surface area contributed by atoms with Gasteiger partial charge < -0.3 is 20.3 Å². The Morgan fingerprint density at radius 3 is 2.78 bits per heavy atom. The summed E-state index contributed by atoms with van der Waals surface area (Å²) < 4.78 is 23.9. The third-order valence-corrected chi connectivity index (χ3v) is 2.22. The molecule has 3 N–H and O–H groups in total. The van der Waals surface area contributed by atoms with E-state index in [2.05, 4.69) is 0 Å². The monoisotopic (exact) mass is 257 g/mol. The number of carbonyl (C=O) groups is 1. The Morgan fingerprint density at radius 1 is 1.56 bits per heavy atom. The van der Waals surface area contributed by atoms with Gasteiger partial charge in [-0.15, -0.1) is 0 Å². The molecule has 0 aliphatic heterocycles. The molecule has 1 rings (SSSR count). The normalized spacial score (nSPS) is 12.2. The van der Waals surface area contributed by atoms with Crippen molar-refractivity contribution in [3.8, 4) is 5.75 Å². The molecule has 1 aromatic carbocycles. The number of rotatable bonds is 6. The van der Waals surface area contributed by atoms with Crippen molar-refractivity contribution >= 4 is 11.7 Å². The van der Waals surface area contributed by atoms with Gasteiger partial charge in [-0.2, -0.15) is 0 Å². The molecule has 0 aliphatic rings. The zero-order valence-corrected chi connectivity index (χ0v) is 10.3. The molecule has 1 aromatic rings. The number of anilines is 1. The molecule has 0 aliphatic carbocycles. The highest BCUT2D eigenvalue weighted by Crippen LogP contribution is 2.25. The van der Waals surface area contributed by atoms with Gasteiger partial charge in [0, 0.05) is 18.4 Å². The predicted octanol–water partition coefficient (Wildman–Crippen LogP) is 1.91. The van der Waals surface area contributed by atoms with E-state index in [0.29, 0.717) is 13.2 Å². The minimum atomic E-state index is -1.23. The van der Waals surface area contributed by atoms with Gasteiger partial charge in [0.05, 0.1) is 12.2 Å². The van der Waals surface area contributed by atoms with Gasteiger partial charge in [-0.25, -0.2) is 9.18 Å². The molecule has 1 unspecified atom stereocenters. The van der Waals surface area contributed by atoms with Crippen LogP contribution in [0.1, 0.15) is 24.2 Å². The third kappa shape index (κ3) is 3.59. The Kier molecular flexibility index (Phi) is 4.91. The summed E-state index contributed by atoms with van der Waals surface area (Å²) in [6, 6.07) is 2.02. The molecular formula is C12H16FNO4. The van der Waals surface area contributed by atoms with Crippen molar-refractivity contribution in [1.82, 2.24) is 0 Å². The fourth-order valence-corrected chi connectivity index (χ4v) is 1.38. The van der Waals surface area contributed by atoms with Crippen molar-refractivity contribution in [2.45, 2.75) is 20.0 Å². The number of carboxylic acids is 1. The van der Waals surface area contributed by atoms with Crippen LogP contribution in [0.15, 0.2) is 12.1 Å². The summed E-state index contributed by atoms with van der Waals surface area (Å²) in [5.74, 6) is -2.07. The molecule has 0 aromatic heterocycles. The van der Waals surface area contributed by atoms with Crippen molar-refractivity contribution in [3.05, 3.63) is 23.5 Å². The molecule has 0 saturated heterocycles. The lowest BCUT2D eigenvalue weighted by Gasteiger charge is -2.16. The average molecular weight is 257 g/mol. The van der Waals surface area contributed by atoms with Crippen LogP contribution in [0.25, 0.3) is 0 Å². The van der Waals surface area contributed by atoms with Crippen LogP contribution >= 0.6 is 0 Å². The second-order valence-electron chi connectivity index (χ2n) is 3.76. The minimum absolute atomic E-state index is 0.134. The van der Waals surface area contributed by atoms with E-state index in [4.69, 9.17) is 20.3 Å². The predicted molar refractivity (Wildman–Crippen MR) is 64.4 cm³/mol. The number of carboxylic acid groups (broad SMARTS) is 1. The zero-order chi connectivity index (χ0) is 13.7. The van der Waals surface area contributed by atoms with Crippen LogP contribution in [0.5, 0.6) is 5.75 Å². The molecule has 0 radical (unpaired) electrons. The van der Waals surface area contributed by atoms with E-state index in [9.17, 15) is 9.18 Å². The van der Waals surface area contributed by atoms with Crippen LogP contribution in [0, 0.1) is 5.82 Å². The Hall–Kier alpha value is -1.82. The summed E-state index contributed by atoms with van der Waals surface area (Å²) in [6.45, 7) is 4.35. The van der Waals surface area contributed by atoms with Crippen molar-refractivity contribution < 1.29 is 23.8 Å². The van der Waals surface area contributed by atoms with Gasteiger partial charge in [0.15, 0.2) is 11.6 Å². The minimum Gasteiger partial charge on any atom is -0.485 e. The topological polar surface area (TPSA) is 81.8 Å². The number of benzene rings is 1. The average Bonchev–Trinajstić information content (AvgIpc) is 2.29. The van der Waals surface area contributed by atoms with E-state index in [-0.39, 0.29) is 23.1 Å². The summed E-state index contributed by atoms with van der Waals surface area (Å²) >= 11 is 0. The van der Waals surface area contributed by atoms with Gasteiger partial charge in [-0.05, 0) is 19.9 Å². The van der Waals surface area contributed by atoms with Crippen LogP contribution in [0.4, 0.5) is 10.1 Å². The summed E-state index contributed by atoms with van der Waals surface area (Å²) in [5.41, 5.74) is 5.08. The van der Waals surface area contributed by atoms with Crippen LogP contribution in [0.2, 0.25) is 0 Å². The van der Waals surface area contributed by atoms with Gasteiger partial charge in [-0.1, -0.05) is 0 Å². The standard InChI is InChI=1S/C12H16FNO4/c1-3-17-6-7(2)18-11-4-8(12(15)16)10(14)5-9(11)13/h4-5,7H,3,6,14H2,1-2H3,(H,15,16). The second kappa shape index (κ2) is 6.20. The SMILES string of the molecule is CCOCC(C)Oc1cc(C(=O)O)c(N)cc1F. The van der Waals surface area contributed by atoms with Crippen molar-refractivity contribution in [1.29, 1.82) is 0 Å². The number of ether oxygens (including phenoxy) is 2. The lowest BCUT2D eigenvalue weighted by Crippen LogP contribution is -2.20. The largest absolute Gasteiger partial charge is 0.485 e. The first-order valence-electron chi connectivity index (χ1n) is 5.52. The summed E-state index contributed by atoms with van der Waals surface area (Å²) in [7, 11) is 0. The summed E-state index contributed by atoms with van der Waals surface area (Å²) in [4.78, 5) is 10.9. The number of halogens is 1. The highest BCUT2D eigenvalue weighted by Gasteiger charge is 2.16. The number of nitrogen functional groups attached to an aromatic ring is 1. The lowest BCUT2D eigenvalue weighted by molar-refractivity contribution is 0.0631. The smallest absolute Gasteiger partial charge is 0.337 e. The van der Waals surface area contributed by atoms with Crippen molar-refractivity contribution in [3.63, 3.8) is 0 Å². The number of hydrogen-bond donors (Lipinski definition) is 2. The first-order chi connectivity index (χ1) is 8.45. The van der Waals surface area contributed by atoms with E-state index in [1.807, 2.05) is 6.92 Å². The van der Waals surface area contributed by atoms with Gasteiger partial charge >= 0.3 is 5.97 Å². The van der Waals surface area contributed by atoms with Gasteiger partial charge in [0.2, 0.25) is 0 Å². The number of hydrogen-bond acceptors (Lipinski definition) is 4. The maximum absolute atomic E-state index is 13.5. The van der Waals surface area contributed by atoms with Crippen LogP contribution < -0.4 is 10.5 Å². The van der Waals surface area contributed by atoms with Crippen LogP contribution in [-0.2, 0) is 4.74 Å². The number of aromatic carboxylic acids is 1. The molecule has 100 valence electrons. The molecule has 1 atom stereocenters. The molecule has 0 saturated carbocycles. The molecule has 0 bridgehead atoms. The van der Waals surface area contributed by atoms with E-state index in [0.717, 1.165) is 12.1 Å². The first kappa shape index (κ1) is 14.2. The second-order valence-corrected chi connectivity index (χ2v) is 3.76. The first-order valence-corrected chi connectivity index (χ1v) is 5.52. The van der Waals surface area contributed by atoms with Crippen molar-refractivity contribution in [2.24, 2.45) is 0 Å². The zero-order valence-electron chi connectivity index (χ0n) is 10.3. The quantitative estimate of drug-likeness (QED) is 0.761. The Balaban J connectivity index is 2.88. The molecule has 18 heavy (non-hydrogen) atoms. The Labute approximate surface area is 104 Å². The lowest BCUT2D eigenvalue weighted by atomic mass is 10.1. The Bertz CT molecular complexity index is 436. The Morgan fingerprint density at radius 2 is 2.22 bits per heavy atom. The van der Waals surface area contributed by atoms with E-state index in [1.54, 1.807) is 6.92 Å². The van der Waals surface area contributed by atoms with Crippen LogP contribution in [0.3, 0.4) is 0 Å². The van der Waals surface area contributed by atoms with Gasteiger partial charge in [0.1, 0.15) is 6.10 Å². The fraction of sp³-hybridized carbons (Fsp3) is 0.417. The van der Waals surface area contributed by atoms with Crippen LogP contribution in [-0.4, -0.2) is 30.4 Å². The molecule has 6 heteroatoms. The van der Waals surface area contributed by atoms with E-state index >= 15 is 0 Å². The molecule has 0 fully saturated rings. The highest BCUT2D eigenvalue weighted by atomic mass is 19.1. The summed E-state index contributed by atoms with van der Waals surface area (Å²) in [6.07, 6.45) is -0.385. The van der Waals surface area contributed by atoms with Crippen molar-refractivity contribution in [2.75, 3.05) is 18.9 Å². The van der Waals surface area contributed by atoms with Gasteiger partial charge in [0.25, 0.3) is 0 Å². The van der Waals surface area contributed by atoms with Gasteiger partial charge in [-0.3, -0.25) is 0 Å². The molecule has 0 heterocycles. The van der Waals surface area contributed by atoms with E-state index in [1.165, 1.54) is 0 Å². The molecular weight excluding hydrogens is 241 g/mol. The maximum atomic E-state index is 13.5. The number of nitrogens with two attached hydrogens (primary N) is 1. The maximum Gasteiger partial charge on any atom is 0.337 e. The summed E-state index contributed by atoms with van der Waals surface area (Å²) in [5, 5.41) is 8.87. The van der Waals surface area contributed by atoms with E-state index < -0.39 is 11.8 Å². The fourth-order valence-electron chi connectivity index (χ4n) is 1.38. The third-order valence-electron chi connectivity index (χ3n) is 2.22. The molecule has 0 amide bonds.